The normalized spacial score (nSPS) is 30.3. The van der Waals surface area contributed by atoms with E-state index in [0.29, 0.717) is 28.4 Å². The van der Waals surface area contributed by atoms with Gasteiger partial charge in [-0.25, -0.2) is 4.68 Å². The number of nitrogens with one attached hydrogen (secondary N) is 1. The van der Waals surface area contributed by atoms with Gasteiger partial charge >= 0.3 is 5.97 Å². The fourth-order valence-electron chi connectivity index (χ4n) is 7.56. The standard InChI is InChI=1S/C35H37BrN6O7/c1-2-22(18-43)42-31-34(47)40(20-41-26-14-9-8-13-24(26)38-39-41)16-10-4-7-15-27(44)48-19-25(21-11-5-3-6-12-21)37-32(45)28-29(33(42)46)35(31)17-23(36)30(28)49-35/h3-6,8-14,17,22,25,28-31,43H,2,7,15-16,18-20H2,1H3,(H,37,45)/b10-4-/t22-,25-,28-,29+,30-,31-,35+/m0/s1. The van der Waals surface area contributed by atoms with Crippen molar-refractivity contribution in [2.75, 3.05) is 19.8 Å². The van der Waals surface area contributed by atoms with E-state index < -0.39 is 65.4 Å². The van der Waals surface area contributed by atoms with Gasteiger partial charge in [-0.2, -0.15) is 0 Å². The summed E-state index contributed by atoms with van der Waals surface area (Å²) in [5.41, 5.74) is 0.611. The topological polar surface area (TPSA) is 156 Å². The van der Waals surface area contributed by atoms with Crippen LogP contribution in [0.5, 0.6) is 0 Å². The van der Waals surface area contributed by atoms with Gasteiger partial charge < -0.3 is 29.7 Å². The molecule has 2 N–H and O–H groups in total. The van der Waals surface area contributed by atoms with Gasteiger partial charge in [-0.1, -0.05) is 82.7 Å². The lowest BCUT2D eigenvalue weighted by atomic mass is 9.74. The summed E-state index contributed by atoms with van der Waals surface area (Å²) in [4.78, 5) is 59.7. The van der Waals surface area contributed by atoms with Crippen LogP contribution in [0.15, 0.2) is 77.3 Å². The Morgan fingerprint density at radius 3 is 2.61 bits per heavy atom. The molecule has 3 amide bonds. The number of rotatable bonds is 6. The van der Waals surface area contributed by atoms with E-state index in [1.54, 1.807) is 27.8 Å². The van der Waals surface area contributed by atoms with Crippen LogP contribution in [0, 0.1) is 11.8 Å². The molecule has 5 bridgehead atoms. The second-order valence-corrected chi connectivity index (χ2v) is 13.7. The number of allylic oxidation sites excluding steroid dienone is 1. The number of aromatic nitrogens is 3. The number of hydrogen-bond donors (Lipinski definition) is 2. The van der Waals surface area contributed by atoms with Crippen molar-refractivity contribution in [3.8, 4) is 0 Å². The van der Waals surface area contributed by atoms with E-state index in [9.17, 15) is 19.5 Å². The zero-order valence-electron chi connectivity index (χ0n) is 26.9. The zero-order valence-corrected chi connectivity index (χ0v) is 28.4. The maximum atomic E-state index is 15.0. The van der Waals surface area contributed by atoms with E-state index >= 15 is 4.79 Å². The van der Waals surface area contributed by atoms with Crippen molar-refractivity contribution in [2.24, 2.45) is 11.8 Å². The first kappa shape index (κ1) is 33.1. The minimum atomic E-state index is -1.49. The number of carbonyl (C=O) groups excluding carboxylic acids is 4. The van der Waals surface area contributed by atoms with Crippen LogP contribution in [0.2, 0.25) is 0 Å². The summed E-state index contributed by atoms with van der Waals surface area (Å²) in [6.07, 6.45) is 5.36. The Balaban J connectivity index is 1.32. The molecule has 13 nitrogen and oxygen atoms in total. The van der Waals surface area contributed by atoms with Gasteiger partial charge in [-0.15, -0.1) is 5.10 Å². The molecule has 0 unspecified atom stereocenters. The summed E-state index contributed by atoms with van der Waals surface area (Å²) in [6.45, 7) is 1.47. The van der Waals surface area contributed by atoms with Gasteiger partial charge in [0, 0.05) is 17.4 Å². The number of likely N-dealkylation sites (tertiary alicyclic amines) is 1. The van der Waals surface area contributed by atoms with E-state index in [0.717, 1.165) is 5.56 Å². The third kappa shape index (κ3) is 5.75. The van der Waals surface area contributed by atoms with E-state index in [-0.39, 0.29) is 32.8 Å². The summed E-state index contributed by atoms with van der Waals surface area (Å²) in [7, 11) is 0. The van der Waals surface area contributed by atoms with Crippen LogP contribution in [0.1, 0.15) is 37.8 Å². The first-order valence-corrected chi connectivity index (χ1v) is 17.3. The molecule has 1 spiro atoms. The zero-order chi connectivity index (χ0) is 34.3. The van der Waals surface area contributed by atoms with Gasteiger partial charge in [0.1, 0.15) is 36.5 Å². The van der Waals surface area contributed by atoms with Crippen molar-refractivity contribution < 1.29 is 33.8 Å². The largest absolute Gasteiger partial charge is 0.463 e. The minimum absolute atomic E-state index is 0.00208. The molecule has 256 valence electrons. The number of amides is 3. The summed E-state index contributed by atoms with van der Waals surface area (Å²) < 4.78 is 14.4. The van der Waals surface area contributed by atoms with Crippen molar-refractivity contribution in [3.05, 3.63) is 82.9 Å². The summed E-state index contributed by atoms with van der Waals surface area (Å²) >= 11 is 3.60. The Hall–Kier alpha value is -4.40. The number of nitrogens with zero attached hydrogens (tertiary/aromatic N) is 5. The second kappa shape index (κ2) is 13.5. The number of hydrogen-bond acceptors (Lipinski definition) is 9. The quantitative estimate of drug-likeness (QED) is 0.287. The number of benzene rings is 2. The molecule has 5 heterocycles. The smallest absolute Gasteiger partial charge is 0.306 e. The third-order valence-electron chi connectivity index (χ3n) is 9.95. The lowest BCUT2D eigenvalue weighted by molar-refractivity contribution is -0.151. The van der Waals surface area contributed by atoms with Crippen LogP contribution in [0.25, 0.3) is 11.0 Å². The van der Waals surface area contributed by atoms with Crippen molar-refractivity contribution >= 4 is 50.7 Å². The number of carbonyl (C=O) groups is 4. The number of para-hydroxylation sites is 1. The van der Waals surface area contributed by atoms with Crippen molar-refractivity contribution in [3.63, 3.8) is 0 Å². The molecule has 1 aromatic heterocycles. The van der Waals surface area contributed by atoms with Gasteiger partial charge in [0.15, 0.2) is 0 Å². The van der Waals surface area contributed by atoms with Crippen LogP contribution < -0.4 is 5.32 Å². The van der Waals surface area contributed by atoms with E-state index in [1.807, 2.05) is 61.5 Å². The summed E-state index contributed by atoms with van der Waals surface area (Å²) in [5, 5.41) is 22.1. The Morgan fingerprint density at radius 1 is 1.06 bits per heavy atom. The first-order chi connectivity index (χ1) is 23.8. The van der Waals surface area contributed by atoms with Crippen LogP contribution in [-0.4, -0.2) is 97.1 Å². The second-order valence-electron chi connectivity index (χ2n) is 12.8. The molecule has 2 saturated heterocycles. The Labute approximate surface area is 291 Å². The maximum absolute atomic E-state index is 15.0. The molecule has 4 aliphatic heterocycles. The van der Waals surface area contributed by atoms with Crippen LogP contribution >= 0.6 is 15.9 Å². The van der Waals surface area contributed by atoms with E-state index in [4.69, 9.17) is 9.47 Å². The lowest BCUT2D eigenvalue weighted by Gasteiger charge is -2.38. The molecular formula is C35H37BrN6O7. The number of ether oxygens (including phenoxy) is 2. The predicted octanol–water partition coefficient (Wildman–Crippen LogP) is 2.61. The fourth-order valence-corrected chi connectivity index (χ4v) is 8.30. The molecule has 2 fully saturated rings. The van der Waals surface area contributed by atoms with Crippen LogP contribution in [0.3, 0.4) is 0 Å². The highest BCUT2D eigenvalue weighted by Gasteiger charge is 2.75. The molecule has 7 rings (SSSR count). The molecule has 0 aliphatic carbocycles. The van der Waals surface area contributed by atoms with Gasteiger partial charge in [-0.05, 0) is 36.6 Å². The monoisotopic (exact) mass is 732 g/mol. The van der Waals surface area contributed by atoms with Crippen LogP contribution in [0.4, 0.5) is 0 Å². The van der Waals surface area contributed by atoms with Crippen molar-refractivity contribution in [1.29, 1.82) is 0 Å². The van der Waals surface area contributed by atoms with Gasteiger partial charge in [0.25, 0.3) is 5.91 Å². The molecule has 49 heavy (non-hydrogen) atoms. The van der Waals surface area contributed by atoms with E-state index in [1.165, 1.54) is 4.90 Å². The molecule has 0 saturated carbocycles. The minimum Gasteiger partial charge on any atom is -0.463 e. The van der Waals surface area contributed by atoms with E-state index in [2.05, 4.69) is 31.6 Å². The summed E-state index contributed by atoms with van der Waals surface area (Å²) in [5.74, 6) is -3.83. The average Bonchev–Trinajstić information content (AvgIpc) is 3.83. The molecule has 7 atom stereocenters. The molecule has 3 aromatic rings. The lowest BCUT2D eigenvalue weighted by Crippen LogP contribution is -2.58. The Kier molecular flexibility index (Phi) is 9.11. The fraction of sp³-hybridized carbons (Fsp3) is 0.429. The van der Waals surface area contributed by atoms with Crippen molar-refractivity contribution in [1.82, 2.24) is 30.1 Å². The first-order valence-electron chi connectivity index (χ1n) is 16.5. The number of aliphatic hydroxyl groups excluding tert-OH is 1. The highest BCUT2D eigenvalue weighted by atomic mass is 79.9. The Bertz CT molecular complexity index is 1830. The molecular weight excluding hydrogens is 696 g/mol. The molecule has 4 aliphatic rings. The summed E-state index contributed by atoms with van der Waals surface area (Å²) in [6, 6.07) is 14.0. The number of halogens is 1. The number of esters is 1. The molecule has 14 heteroatoms. The van der Waals surface area contributed by atoms with Crippen molar-refractivity contribution in [2.45, 2.75) is 62.7 Å². The SMILES string of the molecule is CC[C@@H](CO)N1C(=O)[C@H]2[C@@H]3C(=O)N[C@H](c4ccccc4)COC(=O)CC/C=C\CN(Cn4nnc5ccccc54)C(=O)[C@H]1[C@@]21C=C(Br)[C@@H]3O1. The number of aliphatic hydroxyl groups is 1. The number of cyclic esters (lactones) is 1. The van der Waals surface area contributed by atoms with Gasteiger partial charge in [0.05, 0.1) is 36.0 Å². The van der Waals surface area contributed by atoms with Gasteiger partial charge in [-0.3, -0.25) is 19.2 Å². The highest BCUT2D eigenvalue weighted by Crippen LogP contribution is 2.59. The third-order valence-corrected chi connectivity index (χ3v) is 10.6. The van der Waals surface area contributed by atoms with Gasteiger partial charge in [0.2, 0.25) is 11.8 Å². The highest BCUT2D eigenvalue weighted by molar-refractivity contribution is 9.11. The maximum Gasteiger partial charge on any atom is 0.306 e. The van der Waals surface area contributed by atoms with Crippen LogP contribution in [-0.2, 0) is 35.3 Å². The molecule has 2 aromatic carbocycles. The Morgan fingerprint density at radius 2 is 1.84 bits per heavy atom. The predicted molar refractivity (Wildman–Crippen MR) is 179 cm³/mol. The molecule has 0 radical (unpaired) electrons. The average molecular weight is 734 g/mol. The number of fused-ring (bicyclic) bond motifs is 3.